The SMILES string of the molecule is C[C@@H]([NH2+][C@H]1CCCc2c1[nH]c1ccc(-c3ccccc3)cc21)c1ccccc1. The van der Waals surface area contributed by atoms with E-state index in [1.54, 1.807) is 0 Å². The van der Waals surface area contributed by atoms with Gasteiger partial charge in [0.25, 0.3) is 0 Å². The third kappa shape index (κ3) is 3.14. The summed E-state index contributed by atoms with van der Waals surface area (Å²) in [5.41, 5.74) is 8.24. The lowest BCUT2D eigenvalue weighted by Crippen LogP contribution is -2.86. The highest BCUT2D eigenvalue weighted by atomic mass is 15.0. The van der Waals surface area contributed by atoms with E-state index in [1.165, 1.54) is 58.1 Å². The van der Waals surface area contributed by atoms with Gasteiger partial charge in [0.15, 0.2) is 0 Å². The number of hydrogen-bond acceptors (Lipinski definition) is 0. The molecule has 0 spiro atoms. The number of aryl methyl sites for hydroxylation is 1. The second-order valence-electron chi connectivity index (χ2n) is 8.03. The van der Waals surface area contributed by atoms with Crippen molar-refractivity contribution in [1.82, 2.24) is 4.98 Å². The molecule has 0 fully saturated rings. The van der Waals surface area contributed by atoms with Crippen LogP contribution in [0.5, 0.6) is 0 Å². The zero-order valence-corrected chi connectivity index (χ0v) is 16.4. The highest BCUT2D eigenvalue weighted by Gasteiger charge is 2.28. The molecule has 0 unspecified atom stereocenters. The van der Waals surface area contributed by atoms with Crippen LogP contribution in [0.4, 0.5) is 0 Å². The fourth-order valence-corrected chi connectivity index (χ4v) is 4.72. The minimum atomic E-state index is 0.462. The highest BCUT2D eigenvalue weighted by molar-refractivity contribution is 5.89. The van der Waals surface area contributed by atoms with Gasteiger partial charge in [0, 0.05) is 22.9 Å². The Kier molecular flexibility index (Phi) is 4.50. The maximum absolute atomic E-state index is 3.77. The molecule has 1 aliphatic rings. The summed E-state index contributed by atoms with van der Waals surface area (Å²) in [6, 6.07) is 29.4. The van der Waals surface area contributed by atoms with Crippen molar-refractivity contribution in [3.63, 3.8) is 0 Å². The molecule has 0 aliphatic heterocycles. The summed E-state index contributed by atoms with van der Waals surface area (Å²) >= 11 is 0. The Balaban J connectivity index is 1.49. The summed E-state index contributed by atoms with van der Waals surface area (Å²) in [6.45, 7) is 2.32. The lowest BCUT2D eigenvalue weighted by molar-refractivity contribution is -0.733. The monoisotopic (exact) mass is 367 g/mol. The van der Waals surface area contributed by atoms with E-state index in [9.17, 15) is 0 Å². The Labute approximate surface area is 166 Å². The minimum Gasteiger partial charge on any atom is -0.353 e. The van der Waals surface area contributed by atoms with Gasteiger partial charge in [-0.3, -0.25) is 0 Å². The van der Waals surface area contributed by atoms with Crippen molar-refractivity contribution >= 4 is 10.9 Å². The summed E-state index contributed by atoms with van der Waals surface area (Å²) in [5.74, 6) is 0. The molecule has 4 aromatic rings. The van der Waals surface area contributed by atoms with Gasteiger partial charge in [-0.15, -0.1) is 0 Å². The van der Waals surface area contributed by atoms with Gasteiger partial charge in [0.05, 0.1) is 5.69 Å². The Morgan fingerprint density at radius 1 is 0.893 bits per heavy atom. The molecule has 2 nitrogen and oxygen atoms in total. The van der Waals surface area contributed by atoms with Gasteiger partial charge in [0.2, 0.25) is 0 Å². The molecule has 3 N–H and O–H groups in total. The van der Waals surface area contributed by atoms with Crippen molar-refractivity contribution in [2.24, 2.45) is 0 Å². The van der Waals surface area contributed by atoms with E-state index in [0.29, 0.717) is 12.1 Å². The van der Waals surface area contributed by atoms with Crippen LogP contribution < -0.4 is 5.32 Å². The standard InChI is InChI=1S/C26H26N2/c1-18(19-9-4-2-5-10-19)27-25-14-8-13-22-23-17-21(20-11-6-3-7-12-20)15-16-24(23)28-26(22)25/h2-7,9-12,15-18,25,27-28H,8,13-14H2,1H3/p+1/t18-,25+/m1/s1. The number of nitrogens with one attached hydrogen (secondary N) is 1. The first kappa shape index (κ1) is 17.3. The number of benzene rings is 3. The Bertz CT molecular complexity index is 1080. The van der Waals surface area contributed by atoms with Gasteiger partial charge < -0.3 is 10.3 Å². The average molecular weight is 368 g/mol. The maximum atomic E-state index is 3.77. The number of hydrogen-bond donors (Lipinski definition) is 2. The molecule has 0 saturated heterocycles. The lowest BCUT2D eigenvalue weighted by atomic mass is 9.90. The van der Waals surface area contributed by atoms with E-state index in [1.807, 2.05) is 0 Å². The smallest absolute Gasteiger partial charge is 0.127 e. The predicted octanol–water partition coefficient (Wildman–Crippen LogP) is 5.54. The van der Waals surface area contributed by atoms with Crippen molar-refractivity contribution in [2.75, 3.05) is 0 Å². The summed E-state index contributed by atoms with van der Waals surface area (Å²) in [7, 11) is 0. The van der Waals surface area contributed by atoms with E-state index in [-0.39, 0.29) is 0 Å². The van der Waals surface area contributed by atoms with Crippen LogP contribution in [0, 0.1) is 0 Å². The summed E-state index contributed by atoms with van der Waals surface area (Å²) in [5, 5.41) is 3.95. The molecule has 2 heteroatoms. The van der Waals surface area contributed by atoms with E-state index in [4.69, 9.17) is 0 Å². The molecule has 0 saturated carbocycles. The van der Waals surface area contributed by atoms with Crippen LogP contribution in [0.2, 0.25) is 0 Å². The number of aromatic amines is 1. The van der Waals surface area contributed by atoms with Gasteiger partial charge in [-0.05, 0) is 48.6 Å². The minimum absolute atomic E-state index is 0.462. The zero-order valence-electron chi connectivity index (χ0n) is 16.4. The number of H-pyrrole nitrogens is 1. The largest absolute Gasteiger partial charge is 0.353 e. The normalized spacial score (nSPS) is 17.4. The molecule has 28 heavy (non-hydrogen) atoms. The molecule has 0 bridgehead atoms. The molecule has 2 atom stereocenters. The number of rotatable bonds is 4. The van der Waals surface area contributed by atoms with Gasteiger partial charge in [-0.25, -0.2) is 0 Å². The van der Waals surface area contributed by atoms with Gasteiger partial charge in [-0.1, -0.05) is 66.7 Å². The van der Waals surface area contributed by atoms with Crippen molar-refractivity contribution in [1.29, 1.82) is 0 Å². The Morgan fingerprint density at radius 2 is 1.64 bits per heavy atom. The fourth-order valence-electron chi connectivity index (χ4n) is 4.72. The topological polar surface area (TPSA) is 32.4 Å². The molecule has 1 aliphatic carbocycles. The van der Waals surface area contributed by atoms with Crippen LogP contribution in [-0.4, -0.2) is 4.98 Å². The third-order valence-corrected chi connectivity index (χ3v) is 6.21. The first-order chi connectivity index (χ1) is 13.8. The number of fused-ring (bicyclic) bond motifs is 3. The van der Waals surface area contributed by atoms with Gasteiger partial charge in [0.1, 0.15) is 12.1 Å². The lowest BCUT2D eigenvalue weighted by Gasteiger charge is -2.24. The molecule has 1 heterocycles. The van der Waals surface area contributed by atoms with E-state index in [0.717, 1.165) is 0 Å². The number of aromatic nitrogens is 1. The fraction of sp³-hybridized carbons (Fsp3) is 0.231. The first-order valence-electron chi connectivity index (χ1n) is 10.4. The average Bonchev–Trinajstić information content (AvgIpc) is 3.14. The molecular formula is C26H27N2+. The zero-order chi connectivity index (χ0) is 18.9. The molecular weight excluding hydrogens is 340 g/mol. The Morgan fingerprint density at radius 3 is 2.43 bits per heavy atom. The first-order valence-corrected chi connectivity index (χ1v) is 10.4. The summed E-state index contributed by atoms with van der Waals surface area (Å²) in [6.07, 6.45) is 3.68. The molecule has 0 amide bonds. The van der Waals surface area contributed by atoms with E-state index in [2.05, 4.69) is 96.1 Å². The van der Waals surface area contributed by atoms with Crippen LogP contribution in [0.15, 0.2) is 78.9 Å². The van der Waals surface area contributed by atoms with Crippen LogP contribution in [0.3, 0.4) is 0 Å². The second kappa shape index (κ2) is 7.29. The molecule has 3 aromatic carbocycles. The molecule has 1 aromatic heterocycles. The van der Waals surface area contributed by atoms with Crippen LogP contribution in [0.1, 0.15) is 48.7 Å². The van der Waals surface area contributed by atoms with Crippen molar-refractivity contribution < 1.29 is 5.32 Å². The van der Waals surface area contributed by atoms with Crippen LogP contribution in [0.25, 0.3) is 22.0 Å². The quantitative estimate of drug-likeness (QED) is 0.475. The summed E-state index contributed by atoms with van der Waals surface area (Å²) < 4.78 is 0. The highest BCUT2D eigenvalue weighted by Crippen LogP contribution is 2.35. The van der Waals surface area contributed by atoms with E-state index >= 15 is 0 Å². The van der Waals surface area contributed by atoms with Crippen LogP contribution in [-0.2, 0) is 6.42 Å². The van der Waals surface area contributed by atoms with Crippen molar-refractivity contribution in [2.45, 2.75) is 38.3 Å². The van der Waals surface area contributed by atoms with Crippen LogP contribution >= 0.6 is 0 Å². The predicted molar refractivity (Wildman–Crippen MR) is 116 cm³/mol. The number of quaternary nitrogens is 1. The number of nitrogens with two attached hydrogens (primary N) is 1. The molecule has 0 radical (unpaired) electrons. The molecule has 140 valence electrons. The van der Waals surface area contributed by atoms with Crippen molar-refractivity contribution in [3.8, 4) is 11.1 Å². The van der Waals surface area contributed by atoms with Gasteiger partial charge >= 0.3 is 0 Å². The third-order valence-electron chi connectivity index (χ3n) is 6.21. The maximum Gasteiger partial charge on any atom is 0.127 e. The molecule has 5 rings (SSSR count). The van der Waals surface area contributed by atoms with E-state index < -0.39 is 0 Å². The second-order valence-corrected chi connectivity index (χ2v) is 8.03. The summed E-state index contributed by atoms with van der Waals surface area (Å²) in [4.78, 5) is 3.77. The van der Waals surface area contributed by atoms with Crippen molar-refractivity contribution in [3.05, 3.63) is 95.7 Å². The Hall–Kier alpha value is -2.84. The van der Waals surface area contributed by atoms with Gasteiger partial charge in [-0.2, -0.15) is 0 Å².